The SMILES string of the molecule is C[C@@H]1CN(C(=O)C(=Cc2ccccc2)NC(=O)c2ccccc2)C[C@H](C)O1. The highest BCUT2D eigenvalue weighted by Gasteiger charge is 2.28. The van der Waals surface area contributed by atoms with Gasteiger partial charge in [0.2, 0.25) is 0 Å². The Morgan fingerprint density at radius 2 is 1.52 bits per heavy atom. The molecule has 2 aromatic rings. The van der Waals surface area contributed by atoms with Crippen molar-refractivity contribution in [1.82, 2.24) is 10.2 Å². The van der Waals surface area contributed by atoms with Crippen molar-refractivity contribution in [2.24, 2.45) is 0 Å². The summed E-state index contributed by atoms with van der Waals surface area (Å²) in [7, 11) is 0. The van der Waals surface area contributed by atoms with E-state index in [0.717, 1.165) is 5.56 Å². The van der Waals surface area contributed by atoms with E-state index in [1.54, 1.807) is 35.2 Å². The molecule has 2 amide bonds. The van der Waals surface area contributed by atoms with Gasteiger partial charge in [-0.25, -0.2) is 0 Å². The van der Waals surface area contributed by atoms with Gasteiger partial charge < -0.3 is 15.0 Å². The number of hydrogen-bond acceptors (Lipinski definition) is 3. The molecular formula is C22H24N2O3. The molecule has 1 aliphatic heterocycles. The molecule has 1 aliphatic rings. The normalized spacial score (nSPS) is 20.2. The number of amides is 2. The average molecular weight is 364 g/mol. The lowest BCUT2D eigenvalue weighted by molar-refractivity contribution is -0.139. The van der Waals surface area contributed by atoms with Gasteiger partial charge in [-0.05, 0) is 37.6 Å². The minimum Gasteiger partial charge on any atom is -0.372 e. The zero-order valence-electron chi connectivity index (χ0n) is 15.6. The Bertz CT molecular complexity index is 808. The van der Waals surface area contributed by atoms with Crippen LogP contribution >= 0.6 is 0 Å². The first-order valence-corrected chi connectivity index (χ1v) is 9.11. The van der Waals surface area contributed by atoms with E-state index in [-0.39, 0.29) is 29.7 Å². The molecular weight excluding hydrogens is 340 g/mol. The molecule has 0 unspecified atom stereocenters. The number of nitrogens with one attached hydrogen (secondary N) is 1. The summed E-state index contributed by atoms with van der Waals surface area (Å²) in [5.41, 5.74) is 1.62. The highest BCUT2D eigenvalue weighted by molar-refractivity contribution is 6.05. The zero-order valence-corrected chi connectivity index (χ0v) is 15.6. The number of carbonyl (C=O) groups is 2. The zero-order chi connectivity index (χ0) is 19.2. The summed E-state index contributed by atoms with van der Waals surface area (Å²) in [4.78, 5) is 27.5. The first kappa shape index (κ1) is 18.9. The molecule has 0 bridgehead atoms. The third-order valence-corrected chi connectivity index (χ3v) is 4.33. The fraction of sp³-hybridized carbons (Fsp3) is 0.273. The van der Waals surface area contributed by atoms with Gasteiger partial charge in [0.05, 0.1) is 12.2 Å². The van der Waals surface area contributed by atoms with Crippen LogP contribution in [0.5, 0.6) is 0 Å². The molecule has 0 radical (unpaired) electrons. The summed E-state index contributed by atoms with van der Waals surface area (Å²) in [6.07, 6.45) is 1.63. The maximum absolute atomic E-state index is 13.1. The quantitative estimate of drug-likeness (QED) is 0.848. The fourth-order valence-electron chi connectivity index (χ4n) is 3.17. The number of benzene rings is 2. The summed E-state index contributed by atoms with van der Waals surface area (Å²) in [6.45, 7) is 4.88. The molecule has 0 aromatic heterocycles. The van der Waals surface area contributed by atoms with Crippen LogP contribution in [0.3, 0.4) is 0 Å². The smallest absolute Gasteiger partial charge is 0.270 e. The van der Waals surface area contributed by atoms with E-state index in [0.29, 0.717) is 18.7 Å². The largest absolute Gasteiger partial charge is 0.372 e. The van der Waals surface area contributed by atoms with Crippen LogP contribution in [-0.4, -0.2) is 42.0 Å². The third-order valence-electron chi connectivity index (χ3n) is 4.33. The summed E-state index contributed by atoms with van der Waals surface area (Å²) in [5, 5.41) is 2.80. The minimum absolute atomic E-state index is 0.0412. The van der Waals surface area contributed by atoms with E-state index in [2.05, 4.69) is 5.32 Å². The Kier molecular flexibility index (Phi) is 6.04. The molecule has 5 heteroatoms. The number of carbonyl (C=O) groups excluding carboxylic acids is 2. The van der Waals surface area contributed by atoms with Gasteiger partial charge in [-0.15, -0.1) is 0 Å². The molecule has 1 N–H and O–H groups in total. The predicted molar refractivity (Wildman–Crippen MR) is 105 cm³/mol. The molecule has 1 heterocycles. The lowest BCUT2D eigenvalue weighted by Crippen LogP contribution is -2.50. The van der Waals surface area contributed by atoms with E-state index >= 15 is 0 Å². The molecule has 0 spiro atoms. The van der Waals surface area contributed by atoms with Gasteiger partial charge in [-0.3, -0.25) is 9.59 Å². The molecule has 0 aliphatic carbocycles. The minimum atomic E-state index is -0.305. The van der Waals surface area contributed by atoms with Crippen molar-refractivity contribution in [3.63, 3.8) is 0 Å². The highest BCUT2D eigenvalue weighted by atomic mass is 16.5. The summed E-state index contributed by atoms with van der Waals surface area (Å²) < 4.78 is 5.71. The Hall–Kier alpha value is -2.92. The van der Waals surface area contributed by atoms with Gasteiger partial charge in [-0.2, -0.15) is 0 Å². The number of hydrogen-bond donors (Lipinski definition) is 1. The van der Waals surface area contributed by atoms with Gasteiger partial charge in [0.15, 0.2) is 0 Å². The molecule has 1 saturated heterocycles. The topological polar surface area (TPSA) is 58.6 Å². The van der Waals surface area contributed by atoms with Gasteiger partial charge in [-0.1, -0.05) is 48.5 Å². The number of morpholine rings is 1. The first-order chi connectivity index (χ1) is 13.0. The maximum Gasteiger partial charge on any atom is 0.270 e. The summed E-state index contributed by atoms with van der Waals surface area (Å²) in [6, 6.07) is 18.4. The van der Waals surface area contributed by atoms with Gasteiger partial charge in [0.1, 0.15) is 5.70 Å². The molecule has 3 rings (SSSR count). The Morgan fingerprint density at radius 3 is 2.11 bits per heavy atom. The van der Waals surface area contributed by atoms with Gasteiger partial charge >= 0.3 is 0 Å². The lowest BCUT2D eigenvalue weighted by atomic mass is 10.1. The van der Waals surface area contributed by atoms with Gasteiger partial charge in [0.25, 0.3) is 11.8 Å². The van der Waals surface area contributed by atoms with Crippen LogP contribution in [0.4, 0.5) is 0 Å². The molecule has 1 fully saturated rings. The first-order valence-electron chi connectivity index (χ1n) is 9.11. The Balaban J connectivity index is 1.87. The highest BCUT2D eigenvalue weighted by Crippen LogP contribution is 2.15. The van der Waals surface area contributed by atoms with E-state index in [4.69, 9.17) is 4.74 Å². The third kappa shape index (κ3) is 5.05. The molecule has 140 valence electrons. The van der Waals surface area contributed by atoms with Crippen LogP contribution in [0.1, 0.15) is 29.8 Å². The van der Waals surface area contributed by atoms with Crippen molar-refractivity contribution in [3.8, 4) is 0 Å². The molecule has 2 aromatic carbocycles. The van der Waals surface area contributed by atoms with Crippen LogP contribution in [0.25, 0.3) is 6.08 Å². The van der Waals surface area contributed by atoms with Crippen LogP contribution < -0.4 is 5.32 Å². The van der Waals surface area contributed by atoms with Crippen molar-refractivity contribution in [1.29, 1.82) is 0 Å². The van der Waals surface area contributed by atoms with Crippen molar-refractivity contribution < 1.29 is 14.3 Å². The number of rotatable bonds is 4. The second-order valence-corrected chi connectivity index (χ2v) is 6.76. The second kappa shape index (κ2) is 8.64. The monoisotopic (exact) mass is 364 g/mol. The lowest BCUT2D eigenvalue weighted by Gasteiger charge is -2.35. The fourth-order valence-corrected chi connectivity index (χ4v) is 3.17. The van der Waals surface area contributed by atoms with Crippen LogP contribution in [0.2, 0.25) is 0 Å². The van der Waals surface area contributed by atoms with Crippen molar-refractivity contribution >= 4 is 17.9 Å². The number of nitrogens with zero attached hydrogens (tertiary/aromatic N) is 1. The van der Waals surface area contributed by atoms with E-state index in [9.17, 15) is 9.59 Å². The van der Waals surface area contributed by atoms with Crippen LogP contribution in [0.15, 0.2) is 66.4 Å². The predicted octanol–water partition coefficient (Wildman–Crippen LogP) is 3.09. The average Bonchev–Trinajstić information content (AvgIpc) is 2.67. The Morgan fingerprint density at radius 1 is 0.963 bits per heavy atom. The second-order valence-electron chi connectivity index (χ2n) is 6.76. The van der Waals surface area contributed by atoms with Gasteiger partial charge in [0, 0.05) is 18.7 Å². The molecule has 2 atom stereocenters. The van der Waals surface area contributed by atoms with Crippen molar-refractivity contribution in [3.05, 3.63) is 77.5 Å². The van der Waals surface area contributed by atoms with Crippen LogP contribution in [0, 0.1) is 0 Å². The number of ether oxygens (including phenoxy) is 1. The van der Waals surface area contributed by atoms with E-state index in [1.165, 1.54) is 0 Å². The molecule has 27 heavy (non-hydrogen) atoms. The maximum atomic E-state index is 13.1. The standard InChI is InChI=1S/C22H24N2O3/c1-16-14-24(15-17(2)27-16)22(26)20(13-18-9-5-3-6-10-18)23-21(25)19-11-7-4-8-12-19/h3-13,16-17H,14-15H2,1-2H3,(H,23,25)/t16-,17+. The van der Waals surface area contributed by atoms with E-state index < -0.39 is 0 Å². The summed E-state index contributed by atoms with van der Waals surface area (Å²) >= 11 is 0. The van der Waals surface area contributed by atoms with Crippen molar-refractivity contribution in [2.45, 2.75) is 26.1 Å². The van der Waals surface area contributed by atoms with Crippen molar-refractivity contribution in [2.75, 3.05) is 13.1 Å². The molecule has 5 nitrogen and oxygen atoms in total. The Labute approximate surface area is 159 Å². The van der Waals surface area contributed by atoms with E-state index in [1.807, 2.05) is 50.2 Å². The molecule has 0 saturated carbocycles. The van der Waals surface area contributed by atoms with Crippen LogP contribution in [-0.2, 0) is 9.53 Å². The summed E-state index contributed by atoms with van der Waals surface area (Å²) in [5.74, 6) is -0.509.